The first-order chi connectivity index (χ1) is 7.08. The summed E-state index contributed by atoms with van der Waals surface area (Å²) in [6.07, 6.45) is 0. The van der Waals surface area contributed by atoms with Crippen LogP contribution in [0.5, 0.6) is 0 Å². The van der Waals surface area contributed by atoms with Gasteiger partial charge in [-0.25, -0.2) is 4.99 Å². The summed E-state index contributed by atoms with van der Waals surface area (Å²) in [5, 5.41) is 10.2. The molecular weight excluding hydrogens is 192 g/mol. The standard InChI is InChI=1S/C10H10N4O/c1-5(15)13-6-2-3-7-8(4-6)10(12)14-9(7)11/h2-4H,1H3,(H,13,15)(H3,11,12,14). The molecule has 0 radical (unpaired) electrons. The molecule has 0 spiro atoms. The summed E-state index contributed by atoms with van der Waals surface area (Å²) < 4.78 is 0. The molecule has 15 heavy (non-hydrogen) atoms. The smallest absolute Gasteiger partial charge is 0.221 e. The van der Waals surface area contributed by atoms with Gasteiger partial charge in [-0.1, -0.05) is 0 Å². The average molecular weight is 202 g/mol. The SMILES string of the molecule is CC(=O)Nc1ccc2c(c1)C(=N)N=C2N. The zero-order valence-electron chi connectivity index (χ0n) is 8.16. The van der Waals surface area contributed by atoms with Crippen molar-refractivity contribution < 1.29 is 4.79 Å². The van der Waals surface area contributed by atoms with Crippen LogP contribution >= 0.6 is 0 Å². The first-order valence-corrected chi connectivity index (χ1v) is 4.43. The number of amides is 1. The predicted molar refractivity (Wildman–Crippen MR) is 58.3 cm³/mol. The van der Waals surface area contributed by atoms with Crippen molar-refractivity contribution in [2.24, 2.45) is 10.7 Å². The molecule has 1 aliphatic rings. The number of benzene rings is 1. The van der Waals surface area contributed by atoms with E-state index >= 15 is 0 Å². The number of hydrogen-bond donors (Lipinski definition) is 3. The van der Waals surface area contributed by atoms with E-state index in [1.807, 2.05) is 0 Å². The minimum absolute atomic E-state index is 0.134. The van der Waals surface area contributed by atoms with Crippen LogP contribution in [0.1, 0.15) is 18.1 Å². The Balaban J connectivity index is 2.42. The van der Waals surface area contributed by atoms with Crippen LogP contribution in [0.15, 0.2) is 23.2 Å². The molecule has 1 heterocycles. The summed E-state index contributed by atoms with van der Waals surface area (Å²) in [6, 6.07) is 5.19. The fourth-order valence-electron chi connectivity index (χ4n) is 1.49. The number of rotatable bonds is 1. The second-order valence-electron chi connectivity index (χ2n) is 3.29. The lowest BCUT2D eigenvalue weighted by Crippen LogP contribution is -2.11. The summed E-state index contributed by atoms with van der Waals surface area (Å²) in [5.41, 5.74) is 7.66. The van der Waals surface area contributed by atoms with Gasteiger partial charge in [-0.15, -0.1) is 0 Å². The highest BCUT2D eigenvalue weighted by molar-refractivity contribution is 6.21. The number of carbonyl (C=O) groups is 1. The van der Waals surface area contributed by atoms with Crippen LogP contribution in [0, 0.1) is 5.41 Å². The van der Waals surface area contributed by atoms with E-state index in [1.54, 1.807) is 18.2 Å². The molecule has 4 N–H and O–H groups in total. The lowest BCUT2D eigenvalue weighted by Gasteiger charge is -2.04. The van der Waals surface area contributed by atoms with Crippen LogP contribution < -0.4 is 11.1 Å². The van der Waals surface area contributed by atoms with Crippen LogP contribution in [0.3, 0.4) is 0 Å². The Morgan fingerprint density at radius 3 is 2.87 bits per heavy atom. The van der Waals surface area contributed by atoms with Crippen LogP contribution in [0.4, 0.5) is 5.69 Å². The highest BCUT2D eigenvalue weighted by Crippen LogP contribution is 2.21. The van der Waals surface area contributed by atoms with Crippen molar-refractivity contribution in [2.75, 3.05) is 5.32 Å². The Morgan fingerprint density at radius 1 is 1.47 bits per heavy atom. The van der Waals surface area contributed by atoms with E-state index in [0.717, 1.165) is 5.56 Å². The van der Waals surface area contributed by atoms with Crippen molar-refractivity contribution in [3.8, 4) is 0 Å². The molecule has 0 aromatic heterocycles. The first kappa shape index (κ1) is 9.39. The minimum Gasteiger partial charge on any atom is -0.383 e. The van der Waals surface area contributed by atoms with E-state index < -0.39 is 0 Å². The number of nitrogens with zero attached hydrogens (tertiary/aromatic N) is 1. The summed E-state index contributed by atoms with van der Waals surface area (Å²) in [4.78, 5) is 14.7. The molecule has 1 aromatic rings. The van der Waals surface area contributed by atoms with Gasteiger partial charge in [-0.2, -0.15) is 0 Å². The number of fused-ring (bicyclic) bond motifs is 1. The molecule has 0 saturated carbocycles. The molecular formula is C10H10N4O. The molecule has 0 saturated heterocycles. The third kappa shape index (κ3) is 1.59. The Morgan fingerprint density at radius 2 is 2.20 bits per heavy atom. The van der Waals surface area contributed by atoms with Gasteiger partial charge >= 0.3 is 0 Å². The minimum atomic E-state index is -0.145. The monoisotopic (exact) mass is 202 g/mol. The maximum absolute atomic E-state index is 10.8. The quantitative estimate of drug-likeness (QED) is 0.625. The van der Waals surface area contributed by atoms with E-state index in [1.165, 1.54) is 6.92 Å². The first-order valence-electron chi connectivity index (χ1n) is 4.43. The molecule has 76 valence electrons. The van der Waals surface area contributed by atoms with Crippen molar-refractivity contribution in [1.82, 2.24) is 0 Å². The van der Waals surface area contributed by atoms with Gasteiger partial charge in [0.2, 0.25) is 5.91 Å². The van der Waals surface area contributed by atoms with Gasteiger partial charge < -0.3 is 11.1 Å². The van der Waals surface area contributed by atoms with Crippen LogP contribution in [0.25, 0.3) is 0 Å². The van der Waals surface area contributed by atoms with Crippen LogP contribution in [-0.2, 0) is 4.79 Å². The highest BCUT2D eigenvalue weighted by atomic mass is 16.1. The van der Waals surface area contributed by atoms with Crippen molar-refractivity contribution in [1.29, 1.82) is 5.41 Å². The maximum atomic E-state index is 10.8. The van der Waals surface area contributed by atoms with Gasteiger partial charge in [-0.3, -0.25) is 10.2 Å². The van der Waals surface area contributed by atoms with Crippen molar-refractivity contribution in [2.45, 2.75) is 6.92 Å². The van der Waals surface area contributed by atoms with Gasteiger partial charge in [0.1, 0.15) is 5.84 Å². The Labute approximate surface area is 86.5 Å². The molecule has 0 atom stereocenters. The largest absolute Gasteiger partial charge is 0.383 e. The molecule has 5 nitrogen and oxygen atoms in total. The van der Waals surface area contributed by atoms with Crippen LogP contribution in [-0.4, -0.2) is 17.6 Å². The molecule has 1 aromatic carbocycles. The summed E-state index contributed by atoms with van der Waals surface area (Å²) in [7, 11) is 0. The molecule has 1 aliphatic heterocycles. The van der Waals surface area contributed by atoms with E-state index in [-0.39, 0.29) is 11.7 Å². The molecule has 0 bridgehead atoms. The molecule has 0 aliphatic carbocycles. The third-order valence-electron chi connectivity index (χ3n) is 2.10. The Kier molecular flexibility index (Phi) is 2.00. The van der Waals surface area contributed by atoms with E-state index in [4.69, 9.17) is 11.1 Å². The number of amidine groups is 2. The topological polar surface area (TPSA) is 91.3 Å². The van der Waals surface area contributed by atoms with Gasteiger partial charge in [0, 0.05) is 23.7 Å². The molecule has 0 fully saturated rings. The van der Waals surface area contributed by atoms with E-state index in [0.29, 0.717) is 17.1 Å². The lowest BCUT2D eigenvalue weighted by molar-refractivity contribution is -0.114. The van der Waals surface area contributed by atoms with Gasteiger partial charge in [0.05, 0.1) is 0 Å². The zero-order valence-corrected chi connectivity index (χ0v) is 8.16. The summed E-state index contributed by atoms with van der Waals surface area (Å²) in [5.74, 6) is 0.340. The number of anilines is 1. The number of aliphatic imine (C=N–C) groups is 1. The number of hydrogen-bond acceptors (Lipinski definition) is 3. The van der Waals surface area contributed by atoms with E-state index in [2.05, 4.69) is 10.3 Å². The van der Waals surface area contributed by atoms with Gasteiger partial charge in [-0.05, 0) is 18.2 Å². The van der Waals surface area contributed by atoms with Gasteiger partial charge in [0.15, 0.2) is 5.84 Å². The molecule has 1 amide bonds. The maximum Gasteiger partial charge on any atom is 0.221 e. The average Bonchev–Trinajstić information content (AvgIpc) is 2.41. The number of nitrogens with one attached hydrogen (secondary N) is 2. The Bertz CT molecular complexity index is 490. The summed E-state index contributed by atoms with van der Waals surface area (Å²) in [6.45, 7) is 1.43. The fourth-order valence-corrected chi connectivity index (χ4v) is 1.49. The molecule has 0 unspecified atom stereocenters. The summed E-state index contributed by atoms with van der Waals surface area (Å²) >= 11 is 0. The van der Waals surface area contributed by atoms with E-state index in [9.17, 15) is 4.79 Å². The van der Waals surface area contributed by atoms with Gasteiger partial charge in [0.25, 0.3) is 0 Å². The second-order valence-corrected chi connectivity index (χ2v) is 3.29. The molecule has 5 heteroatoms. The Hall–Kier alpha value is -2.17. The van der Waals surface area contributed by atoms with Crippen molar-refractivity contribution in [3.05, 3.63) is 29.3 Å². The fraction of sp³-hybridized carbons (Fsp3) is 0.100. The predicted octanol–water partition coefficient (Wildman–Crippen LogP) is 0.689. The normalized spacial score (nSPS) is 13.4. The lowest BCUT2D eigenvalue weighted by atomic mass is 10.1. The molecule has 2 rings (SSSR count). The zero-order chi connectivity index (χ0) is 11.0. The third-order valence-corrected chi connectivity index (χ3v) is 2.10. The number of carbonyl (C=O) groups excluding carboxylic acids is 1. The number of nitrogens with two attached hydrogens (primary N) is 1. The highest BCUT2D eigenvalue weighted by Gasteiger charge is 2.18. The van der Waals surface area contributed by atoms with Crippen LogP contribution in [0.2, 0.25) is 0 Å². The second kappa shape index (κ2) is 3.20. The van der Waals surface area contributed by atoms with Crippen molar-refractivity contribution in [3.63, 3.8) is 0 Å². The van der Waals surface area contributed by atoms with Crippen molar-refractivity contribution >= 4 is 23.3 Å².